The van der Waals surface area contributed by atoms with Crippen LogP contribution in [0.25, 0.3) is 0 Å². The van der Waals surface area contributed by atoms with Gasteiger partial charge < -0.3 is 51.1 Å². The van der Waals surface area contributed by atoms with Gasteiger partial charge in [0.05, 0.1) is 51.6 Å². The van der Waals surface area contributed by atoms with E-state index >= 15 is 0 Å². The van der Waals surface area contributed by atoms with Crippen LogP contribution >= 0.6 is 0 Å². The van der Waals surface area contributed by atoms with Crippen molar-refractivity contribution in [3.63, 3.8) is 0 Å². The molecule has 0 saturated carbocycles. The number of benzene rings is 2. The molecule has 0 saturated heterocycles. The summed E-state index contributed by atoms with van der Waals surface area (Å²) in [5.74, 6) is -4.26. The van der Waals surface area contributed by atoms with Crippen LogP contribution in [0.5, 0.6) is 23.0 Å². The van der Waals surface area contributed by atoms with E-state index in [0.29, 0.717) is 0 Å². The summed E-state index contributed by atoms with van der Waals surface area (Å²) < 4.78 is 0. The molecule has 216 valence electrons. The number of hydrogen-bond acceptors (Lipinski definition) is 12. The normalized spacial score (nSPS) is 12.8. The van der Waals surface area contributed by atoms with Gasteiger partial charge in [-0.05, 0) is 18.2 Å². The van der Waals surface area contributed by atoms with Gasteiger partial charge in [-0.25, -0.2) is 0 Å². The van der Waals surface area contributed by atoms with Crippen LogP contribution in [0, 0.1) is 0 Å². The number of carboxylic acids is 2. The smallest absolute Gasteiger partial charge is 0.508 e. The average Bonchev–Trinajstić information content (AvgIpc) is 2.84. The van der Waals surface area contributed by atoms with Gasteiger partial charge in [0.2, 0.25) is 0 Å². The SMILES string of the molecule is O=C(O)CN(Cc1cc(CO)c(O)cc1O)C(CO)[C@@H](CO)N(CC(=O)O)Cc1cc(O)c(CO)cc1O.[Fe+2]. The largest absolute Gasteiger partial charge is 2.00 e. The molecule has 2 atom stereocenters. The Morgan fingerprint density at radius 3 is 1.33 bits per heavy atom. The molecule has 0 heterocycles. The maximum absolute atomic E-state index is 11.7. The minimum absolute atomic E-state index is 0. The van der Waals surface area contributed by atoms with E-state index in [1.807, 2.05) is 0 Å². The predicted molar refractivity (Wildman–Crippen MR) is 129 cm³/mol. The standard InChI is InChI=1S/C24H32N2O12.Fe/c27-9-15-1-13(21(33)4-22(15)34)5-25(7-23(35)36)17(11-29)18(12-30)26(8-24(37)38)6-14-2-20(32)16(10-28)3-19(14)31;/h1-4,17-18,27-34H,5-12H2,(H,35,36)(H,37,38);/q;+2/t17?,18-;/m1./s1. The summed E-state index contributed by atoms with van der Waals surface area (Å²) in [6.45, 7) is -4.82. The minimum Gasteiger partial charge on any atom is -0.508 e. The van der Waals surface area contributed by atoms with E-state index in [1.54, 1.807) is 0 Å². The van der Waals surface area contributed by atoms with E-state index in [4.69, 9.17) is 0 Å². The van der Waals surface area contributed by atoms with Crippen LogP contribution in [0.3, 0.4) is 0 Å². The number of hydrogen-bond donors (Lipinski definition) is 10. The molecule has 2 rings (SSSR count). The van der Waals surface area contributed by atoms with Gasteiger partial charge >= 0.3 is 29.0 Å². The quantitative estimate of drug-likeness (QED) is 0.0848. The fourth-order valence-corrected chi connectivity index (χ4v) is 4.17. The second-order valence-corrected chi connectivity index (χ2v) is 8.63. The maximum Gasteiger partial charge on any atom is 2.00 e. The first kappa shape index (κ1) is 33.9. The number of phenols is 4. The van der Waals surface area contributed by atoms with Crippen molar-refractivity contribution in [2.24, 2.45) is 0 Å². The molecule has 2 aromatic carbocycles. The molecule has 0 aliphatic heterocycles. The number of aliphatic hydroxyl groups excluding tert-OH is 4. The summed E-state index contributed by atoms with van der Waals surface area (Å²) in [6, 6.07) is 1.93. The Hall–Kier alpha value is -3.14. The summed E-state index contributed by atoms with van der Waals surface area (Å²) in [6.07, 6.45) is 0. The first-order valence-electron chi connectivity index (χ1n) is 11.4. The summed E-state index contributed by atoms with van der Waals surface area (Å²) >= 11 is 0. The van der Waals surface area contributed by atoms with Gasteiger partial charge in [0, 0.05) is 41.4 Å². The van der Waals surface area contributed by atoms with Crippen molar-refractivity contribution in [1.29, 1.82) is 0 Å². The Bertz CT molecular complexity index is 1130. The monoisotopic (exact) mass is 596 g/mol. The molecule has 10 N–H and O–H groups in total. The second kappa shape index (κ2) is 15.5. The predicted octanol–water partition coefficient (Wildman–Crippen LogP) is -1.31. The van der Waals surface area contributed by atoms with Gasteiger partial charge in [-0.15, -0.1) is 0 Å². The third-order valence-electron chi connectivity index (χ3n) is 6.08. The molecule has 0 bridgehead atoms. The van der Waals surface area contributed by atoms with Crippen molar-refractivity contribution in [1.82, 2.24) is 9.80 Å². The van der Waals surface area contributed by atoms with Crippen LogP contribution in [-0.4, -0.2) is 111 Å². The van der Waals surface area contributed by atoms with Crippen molar-refractivity contribution in [3.8, 4) is 23.0 Å². The van der Waals surface area contributed by atoms with Crippen LogP contribution in [0.4, 0.5) is 0 Å². The molecular weight excluding hydrogens is 564 g/mol. The molecule has 0 amide bonds. The Labute approximate surface area is 233 Å². The third-order valence-corrected chi connectivity index (χ3v) is 6.08. The van der Waals surface area contributed by atoms with E-state index in [9.17, 15) is 60.7 Å². The van der Waals surface area contributed by atoms with E-state index in [1.165, 1.54) is 6.07 Å². The molecule has 0 aliphatic rings. The summed E-state index contributed by atoms with van der Waals surface area (Å²) in [4.78, 5) is 25.6. The number of rotatable bonds is 15. The molecule has 0 radical (unpaired) electrons. The van der Waals surface area contributed by atoms with E-state index in [-0.39, 0.29) is 63.9 Å². The molecule has 0 spiro atoms. The molecular formula is C24H32FeN2O12+2. The van der Waals surface area contributed by atoms with Gasteiger partial charge in [0.25, 0.3) is 0 Å². The summed E-state index contributed by atoms with van der Waals surface area (Å²) in [5.41, 5.74) is 0.174. The van der Waals surface area contributed by atoms with Gasteiger partial charge in [-0.2, -0.15) is 0 Å². The van der Waals surface area contributed by atoms with Crippen LogP contribution in [0.2, 0.25) is 0 Å². The van der Waals surface area contributed by atoms with Gasteiger partial charge in [0.1, 0.15) is 23.0 Å². The maximum atomic E-state index is 11.7. The Balaban J connectivity index is 0.00000760. The molecule has 2 aromatic rings. The van der Waals surface area contributed by atoms with Gasteiger partial charge in [0.15, 0.2) is 0 Å². The fourth-order valence-electron chi connectivity index (χ4n) is 4.17. The van der Waals surface area contributed by atoms with Crippen molar-refractivity contribution in [2.45, 2.75) is 38.4 Å². The number of carbonyl (C=O) groups is 2. The molecule has 15 heteroatoms. The minimum atomic E-state index is -1.34. The summed E-state index contributed by atoms with van der Waals surface area (Å²) in [7, 11) is 0. The topological polar surface area (TPSA) is 243 Å². The Morgan fingerprint density at radius 2 is 0.923 bits per heavy atom. The van der Waals surface area contributed by atoms with E-state index in [2.05, 4.69) is 0 Å². The molecule has 0 aromatic heterocycles. The zero-order valence-electron chi connectivity index (χ0n) is 20.7. The molecule has 14 nitrogen and oxygen atoms in total. The first-order valence-corrected chi connectivity index (χ1v) is 11.4. The van der Waals surface area contributed by atoms with Crippen molar-refractivity contribution < 1.29 is 77.7 Å². The van der Waals surface area contributed by atoms with Gasteiger partial charge in [-0.1, -0.05) is 0 Å². The van der Waals surface area contributed by atoms with Crippen molar-refractivity contribution in [3.05, 3.63) is 46.5 Å². The van der Waals surface area contributed by atoms with Gasteiger partial charge in [-0.3, -0.25) is 19.4 Å². The number of aliphatic carboxylic acids is 2. The van der Waals surface area contributed by atoms with E-state index in [0.717, 1.165) is 28.0 Å². The fraction of sp³-hybridized carbons (Fsp3) is 0.417. The number of aromatic hydroxyl groups is 4. The third kappa shape index (κ3) is 8.95. The zero-order chi connectivity index (χ0) is 28.6. The number of carboxylic acid groups (broad SMARTS) is 2. The molecule has 0 fully saturated rings. The Kier molecular flexibility index (Phi) is 13.4. The van der Waals surface area contributed by atoms with Crippen LogP contribution in [-0.2, 0) is 53.0 Å². The number of aliphatic hydroxyl groups is 4. The molecule has 39 heavy (non-hydrogen) atoms. The molecule has 0 aliphatic carbocycles. The first-order chi connectivity index (χ1) is 17.9. The number of nitrogens with zero attached hydrogens (tertiary/aromatic N) is 2. The van der Waals surface area contributed by atoms with E-state index < -0.39 is 75.0 Å². The Morgan fingerprint density at radius 1 is 0.590 bits per heavy atom. The average molecular weight is 596 g/mol. The van der Waals surface area contributed by atoms with Crippen molar-refractivity contribution >= 4 is 11.9 Å². The summed E-state index contributed by atoms with van der Waals surface area (Å²) in [5, 5.41) is 98.7. The van der Waals surface area contributed by atoms with Crippen LogP contribution < -0.4 is 0 Å². The van der Waals surface area contributed by atoms with Crippen LogP contribution in [0.1, 0.15) is 22.3 Å². The zero-order valence-corrected chi connectivity index (χ0v) is 21.8. The molecule has 1 unspecified atom stereocenters. The van der Waals surface area contributed by atoms with Crippen molar-refractivity contribution in [2.75, 3.05) is 26.3 Å². The number of phenolic OH excluding ortho intramolecular Hbond substituents is 2. The van der Waals surface area contributed by atoms with Crippen LogP contribution in [0.15, 0.2) is 24.3 Å². The second-order valence-electron chi connectivity index (χ2n) is 8.63.